The molecular formula is C26H40N4O5. The van der Waals surface area contributed by atoms with Crippen molar-refractivity contribution in [2.45, 2.75) is 84.0 Å². The van der Waals surface area contributed by atoms with E-state index in [0.717, 1.165) is 24.9 Å². The molecule has 1 heterocycles. The van der Waals surface area contributed by atoms with E-state index in [1.807, 2.05) is 45.9 Å². The van der Waals surface area contributed by atoms with E-state index < -0.39 is 35.9 Å². The third-order valence-corrected chi connectivity index (χ3v) is 5.95. The second-order valence-corrected chi connectivity index (χ2v) is 10.1. The predicted octanol–water partition coefficient (Wildman–Crippen LogP) is 1.61. The molecule has 2 rings (SSSR count). The van der Waals surface area contributed by atoms with Crippen LogP contribution in [0.25, 0.3) is 0 Å². The summed E-state index contributed by atoms with van der Waals surface area (Å²) in [5.74, 6) is -2.15. The number of benzene rings is 1. The zero-order chi connectivity index (χ0) is 26.0. The van der Waals surface area contributed by atoms with Crippen molar-refractivity contribution < 1.29 is 24.3 Å². The molecule has 0 saturated carbocycles. The lowest BCUT2D eigenvalue weighted by Crippen LogP contribution is -2.57. The van der Waals surface area contributed by atoms with Crippen LogP contribution in [-0.4, -0.2) is 59.5 Å². The van der Waals surface area contributed by atoms with Crippen LogP contribution < -0.4 is 21.3 Å². The van der Waals surface area contributed by atoms with E-state index in [1.54, 1.807) is 12.1 Å². The van der Waals surface area contributed by atoms with E-state index in [9.17, 15) is 24.3 Å². The Hall–Kier alpha value is -2.94. The lowest BCUT2D eigenvalue weighted by molar-refractivity contribution is -0.142. The van der Waals surface area contributed by atoms with Crippen LogP contribution >= 0.6 is 0 Å². The highest BCUT2D eigenvalue weighted by Crippen LogP contribution is 2.12. The maximum absolute atomic E-state index is 13.2. The molecule has 1 fully saturated rings. The van der Waals surface area contributed by atoms with Crippen LogP contribution in [0, 0.1) is 11.8 Å². The third kappa shape index (κ3) is 9.68. The van der Waals surface area contributed by atoms with Crippen LogP contribution in [0.5, 0.6) is 0 Å². The molecule has 1 aromatic carbocycles. The largest absolute Gasteiger partial charge is 0.480 e. The Morgan fingerprint density at radius 3 is 1.91 bits per heavy atom. The van der Waals surface area contributed by atoms with Crippen molar-refractivity contribution in [3.05, 3.63) is 35.9 Å². The minimum absolute atomic E-state index is 0.0734. The van der Waals surface area contributed by atoms with Gasteiger partial charge in [-0.05, 0) is 49.6 Å². The zero-order valence-electron chi connectivity index (χ0n) is 21.2. The SMILES string of the molecule is CC(C)CC(NC(=O)C(CC(C)C)NC(=O)C1CCCN1)C(=O)NC(Cc1ccccc1)C(=O)O. The molecular weight excluding hydrogens is 448 g/mol. The zero-order valence-corrected chi connectivity index (χ0v) is 21.2. The fourth-order valence-corrected chi connectivity index (χ4v) is 4.18. The van der Waals surface area contributed by atoms with Gasteiger partial charge in [0.2, 0.25) is 17.7 Å². The Bertz CT molecular complexity index is 853. The molecule has 3 amide bonds. The minimum atomic E-state index is -1.15. The molecule has 9 nitrogen and oxygen atoms in total. The number of carboxylic acids is 1. The van der Waals surface area contributed by atoms with Gasteiger partial charge in [0.25, 0.3) is 0 Å². The second kappa shape index (κ2) is 13.8. The molecule has 0 spiro atoms. The molecule has 5 N–H and O–H groups in total. The van der Waals surface area contributed by atoms with Crippen molar-refractivity contribution in [2.75, 3.05) is 6.54 Å². The lowest BCUT2D eigenvalue weighted by Gasteiger charge is -2.27. The van der Waals surface area contributed by atoms with Crippen molar-refractivity contribution in [1.82, 2.24) is 21.3 Å². The molecule has 9 heteroatoms. The van der Waals surface area contributed by atoms with Gasteiger partial charge in [0, 0.05) is 6.42 Å². The van der Waals surface area contributed by atoms with E-state index in [0.29, 0.717) is 12.8 Å². The number of carboxylic acid groups (broad SMARTS) is 1. The van der Waals surface area contributed by atoms with Crippen LogP contribution in [0.3, 0.4) is 0 Å². The van der Waals surface area contributed by atoms with E-state index in [4.69, 9.17) is 0 Å². The average molecular weight is 489 g/mol. The summed E-state index contributed by atoms with van der Waals surface area (Å²) in [6, 6.07) is 5.90. The fraction of sp³-hybridized carbons (Fsp3) is 0.615. The molecule has 1 aromatic rings. The number of hydrogen-bond donors (Lipinski definition) is 5. The molecule has 0 radical (unpaired) electrons. The van der Waals surface area contributed by atoms with Crippen molar-refractivity contribution in [2.24, 2.45) is 11.8 Å². The molecule has 0 aliphatic carbocycles. The Labute approximate surface area is 207 Å². The van der Waals surface area contributed by atoms with Gasteiger partial charge in [-0.25, -0.2) is 4.79 Å². The van der Waals surface area contributed by atoms with Crippen molar-refractivity contribution >= 4 is 23.7 Å². The molecule has 1 aliphatic rings. The number of amides is 3. The molecule has 1 aliphatic heterocycles. The van der Waals surface area contributed by atoms with Crippen molar-refractivity contribution in [3.63, 3.8) is 0 Å². The number of nitrogens with one attached hydrogen (secondary N) is 4. The standard InChI is InChI=1S/C26H40N4O5/c1-16(2)13-20(28-23(31)19-11-8-12-27-19)24(32)29-21(14-17(3)4)25(33)30-22(26(34)35)15-18-9-6-5-7-10-18/h5-7,9-10,16-17,19-22,27H,8,11-15H2,1-4H3,(H,28,31)(H,29,32)(H,30,33)(H,34,35). The highest BCUT2D eigenvalue weighted by molar-refractivity contribution is 5.94. The van der Waals surface area contributed by atoms with Gasteiger partial charge in [-0.1, -0.05) is 58.0 Å². The first-order valence-electron chi connectivity index (χ1n) is 12.5. The summed E-state index contributed by atoms with van der Waals surface area (Å²) >= 11 is 0. The summed E-state index contributed by atoms with van der Waals surface area (Å²) in [5, 5.41) is 21.0. The highest BCUT2D eigenvalue weighted by Gasteiger charge is 2.32. The van der Waals surface area contributed by atoms with Crippen LogP contribution in [0.15, 0.2) is 30.3 Å². The predicted molar refractivity (Wildman–Crippen MR) is 134 cm³/mol. The van der Waals surface area contributed by atoms with E-state index in [1.165, 1.54) is 0 Å². The average Bonchev–Trinajstić information content (AvgIpc) is 3.33. The van der Waals surface area contributed by atoms with E-state index >= 15 is 0 Å². The molecule has 1 saturated heterocycles. The number of aliphatic carboxylic acids is 1. The van der Waals surface area contributed by atoms with Gasteiger partial charge < -0.3 is 26.4 Å². The first-order chi connectivity index (χ1) is 16.6. The molecule has 4 unspecified atom stereocenters. The molecule has 0 bridgehead atoms. The summed E-state index contributed by atoms with van der Waals surface area (Å²) in [6.45, 7) is 8.52. The summed E-state index contributed by atoms with van der Waals surface area (Å²) in [4.78, 5) is 50.8. The second-order valence-electron chi connectivity index (χ2n) is 10.1. The molecule has 194 valence electrons. The smallest absolute Gasteiger partial charge is 0.326 e. The minimum Gasteiger partial charge on any atom is -0.480 e. The van der Waals surface area contributed by atoms with Crippen LogP contribution in [0.2, 0.25) is 0 Å². The number of hydrogen-bond acceptors (Lipinski definition) is 5. The topological polar surface area (TPSA) is 137 Å². The summed E-state index contributed by atoms with van der Waals surface area (Å²) < 4.78 is 0. The number of rotatable bonds is 13. The maximum atomic E-state index is 13.2. The Morgan fingerprint density at radius 2 is 1.43 bits per heavy atom. The highest BCUT2D eigenvalue weighted by atomic mass is 16.4. The summed E-state index contributed by atoms with van der Waals surface area (Å²) in [7, 11) is 0. The first kappa shape index (κ1) is 28.3. The molecule has 4 atom stereocenters. The summed E-state index contributed by atoms with van der Waals surface area (Å²) in [5.41, 5.74) is 0.782. The van der Waals surface area contributed by atoms with Gasteiger partial charge >= 0.3 is 5.97 Å². The quantitative estimate of drug-likeness (QED) is 0.286. The van der Waals surface area contributed by atoms with Crippen LogP contribution in [0.1, 0.15) is 58.9 Å². The third-order valence-electron chi connectivity index (χ3n) is 5.95. The van der Waals surface area contributed by atoms with Gasteiger partial charge in [-0.3, -0.25) is 14.4 Å². The van der Waals surface area contributed by atoms with Gasteiger partial charge in [0.05, 0.1) is 6.04 Å². The normalized spacial score (nSPS) is 18.1. The Balaban J connectivity index is 2.10. The Kier molecular flexibility index (Phi) is 11.2. The van der Waals surface area contributed by atoms with Crippen LogP contribution in [-0.2, 0) is 25.6 Å². The maximum Gasteiger partial charge on any atom is 0.326 e. The van der Waals surface area contributed by atoms with E-state index in [-0.39, 0.29) is 30.2 Å². The van der Waals surface area contributed by atoms with Crippen molar-refractivity contribution in [1.29, 1.82) is 0 Å². The number of carbonyl (C=O) groups excluding carboxylic acids is 3. The molecule has 35 heavy (non-hydrogen) atoms. The monoisotopic (exact) mass is 488 g/mol. The van der Waals surface area contributed by atoms with Gasteiger partial charge in [0.15, 0.2) is 0 Å². The number of carbonyl (C=O) groups is 4. The van der Waals surface area contributed by atoms with Gasteiger partial charge in [0.1, 0.15) is 18.1 Å². The fourth-order valence-electron chi connectivity index (χ4n) is 4.18. The molecule has 0 aromatic heterocycles. The van der Waals surface area contributed by atoms with E-state index in [2.05, 4.69) is 21.3 Å². The van der Waals surface area contributed by atoms with Crippen LogP contribution in [0.4, 0.5) is 0 Å². The van der Waals surface area contributed by atoms with Crippen molar-refractivity contribution in [3.8, 4) is 0 Å². The first-order valence-corrected chi connectivity index (χ1v) is 12.5. The summed E-state index contributed by atoms with van der Waals surface area (Å²) in [6.07, 6.45) is 2.51. The lowest BCUT2D eigenvalue weighted by atomic mass is 9.99. The van der Waals surface area contributed by atoms with Gasteiger partial charge in [-0.2, -0.15) is 0 Å². The Morgan fingerprint density at radius 1 is 0.886 bits per heavy atom. The van der Waals surface area contributed by atoms with Gasteiger partial charge in [-0.15, -0.1) is 0 Å².